The Morgan fingerprint density at radius 2 is 2.11 bits per heavy atom. The molecular weight excluding hydrogens is 244 g/mol. The molecule has 2 aromatic heterocycles. The summed E-state index contributed by atoms with van der Waals surface area (Å²) in [7, 11) is 5.21. The van der Waals surface area contributed by atoms with Crippen LogP contribution in [0.5, 0.6) is 5.88 Å². The maximum absolute atomic E-state index is 11.3. The highest BCUT2D eigenvalue weighted by Gasteiger charge is 2.13. The summed E-state index contributed by atoms with van der Waals surface area (Å²) in [6.07, 6.45) is 1.76. The molecule has 2 rings (SSSR count). The van der Waals surface area contributed by atoms with Gasteiger partial charge in [-0.3, -0.25) is 4.79 Å². The molecule has 1 N–H and O–H groups in total. The van der Waals surface area contributed by atoms with E-state index in [1.54, 1.807) is 31.1 Å². The molecule has 0 amide bonds. The first-order chi connectivity index (χ1) is 9.02. The van der Waals surface area contributed by atoms with Crippen LogP contribution in [-0.2, 0) is 20.6 Å². The largest absolute Gasteiger partial charge is 0.481 e. The highest BCUT2D eigenvalue weighted by molar-refractivity contribution is 5.43. The Morgan fingerprint density at radius 1 is 1.37 bits per heavy atom. The van der Waals surface area contributed by atoms with Crippen LogP contribution >= 0.6 is 0 Å². The summed E-state index contributed by atoms with van der Waals surface area (Å²) >= 11 is 0. The lowest BCUT2D eigenvalue weighted by molar-refractivity contribution is 0.370. The van der Waals surface area contributed by atoms with E-state index in [2.05, 4.69) is 10.4 Å². The zero-order valence-corrected chi connectivity index (χ0v) is 11.6. The molecule has 0 spiro atoms. The van der Waals surface area contributed by atoms with Gasteiger partial charge in [-0.15, -0.1) is 0 Å². The van der Waals surface area contributed by atoms with Crippen LogP contribution < -0.4 is 15.6 Å². The molecule has 0 unspecified atom stereocenters. The Hall–Kier alpha value is -2.24. The maximum atomic E-state index is 11.3. The molecule has 2 aromatic rings. The third kappa shape index (κ3) is 2.62. The number of nitrogens with zero attached hydrogens (tertiary/aromatic N) is 3. The van der Waals surface area contributed by atoms with Crippen molar-refractivity contribution >= 4 is 5.69 Å². The van der Waals surface area contributed by atoms with E-state index in [4.69, 9.17) is 4.74 Å². The van der Waals surface area contributed by atoms with E-state index in [0.717, 1.165) is 22.8 Å². The number of aromatic nitrogens is 3. The Kier molecular flexibility index (Phi) is 3.59. The Bertz CT molecular complexity index is 643. The van der Waals surface area contributed by atoms with Crippen molar-refractivity contribution in [1.29, 1.82) is 0 Å². The lowest BCUT2D eigenvalue weighted by Gasteiger charge is -2.09. The van der Waals surface area contributed by atoms with Gasteiger partial charge in [0.1, 0.15) is 0 Å². The third-order valence-electron chi connectivity index (χ3n) is 3.04. The van der Waals surface area contributed by atoms with Gasteiger partial charge in [0.25, 0.3) is 0 Å². The Balaban J connectivity index is 2.18. The fraction of sp³-hybridized carbons (Fsp3) is 0.385. The van der Waals surface area contributed by atoms with Crippen LogP contribution in [0.25, 0.3) is 0 Å². The van der Waals surface area contributed by atoms with Crippen molar-refractivity contribution < 1.29 is 4.74 Å². The molecule has 0 aliphatic carbocycles. The van der Waals surface area contributed by atoms with Crippen molar-refractivity contribution in [1.82, 2.24) is 14.3 Å². The predicted octanol–water partition coefficient (Wildman–Crippen LogP) is 1.05. The smallest absolute Gasteiger partial charge is 0.250 e. The Morgan fingerprint density at radius 3 is 2.74 bits per heavy atom. The summed E-state index contributed by atoms with van der Waals surface area (Å²) in [5, 5.41) is 7.59. The number of nitrogens with one attached hydrogen (secondary N) is 1. The van der Waals surface area contributed by atoms with Gasteiger partial charge in [0.05, 0.1) is 24.1 Å². The van der Waals surface area contributed by atoms with Gasteiger partial charge in [-0.05, 0) is 13.0 Å². The molecular formula is C13H18N4O2. The molecule has 6 nitrogen and oxygen atoms in total. The lowest BCUT2D eigenvalue weighted by atomic mass is 10.2. The number of methoxy groups -OCH3 is 1. The lowest BCUT2D eigenvalue weighted by Crippen LogP contribution is -2.15. The van der Waals surface area contributed by atoms with Gasteiger partial charge >= 0.3 is 0 Å². The normalized spacial score (nSPS) is 10.5. The van der Waals surface area contributed by atoms with E-state index in [0.29, 0.717) is 6.54 Å². The number of aryl methyl sites for hydroxylation is 3. The summed E-state index contributed by atoms with van der Waals surface area (Å²) in [6, 6.07) is 3.30. The van der Waals surface area contributed by atoms with Crippen LogP contribution in [-0.4, -0.2) is 21.5 Å². The third-order valence-corrected chi connectivity index (χ3v) is 3.04. The SMILES string of the molecule is COc1c(CNc2ccc(=O)n(C)c2)c(C)nn1C. The average molecular weight is 262 g/mol. The molecule has 0 atom stereocenters. The van der Waals surface area contributed by atoms with Gasteiger partial charge in [0.2, 0.25) is 11.4 Å². The topological polar surface area (TPSA) is 61.1 Å². The number of pyridine rings is 1. The Labute approximate surface area is 111 Å². The van der Waals surface area contributed by atoms with E-state index in [1.165, 1.54) is 10.6 Å². The molecule has 0 saturated heterocycles. The molecule has 0 saturated carbocycles. The van der Waals surface area contributed by atoms with Gasteiger partial charge in [0, 0.05) is 32.9 Å². The van der Waals surface area contributed by atoms with Crippen molar-refractivity contribution in [2.45, 2.75) is 13.5 Å². The fourth-order valence-electron chi connectivity index (χ4n) is 2.03. The van der Waals surface area contributed by atoms with Crippen LogP contribution in [0.3, 0.4) is 0 Å². The van der Waals surface area contributed by atoms with Crippen LogP contribution in [0.1, 0.15) is 11.3 Å². The first-order valence-corrected chi connectivity index (χ1v) is 6.00. The van der Waals surface area contributed by atoms with Crippen LogP contribution in [0.15, 0.2) is 23.1 Å². The summed E-state index contributed by atoms with van der Waals surface area (Å²) in [5.74, 6) is 0.745. The van der Waals surface area contributed by atoms with E-state index in [9.17, 15) is 4.79 Å². The first kappa shape index (κ1) is 13.2. The first-order valence-electron chi connectivity index (χ1n) is 6.00. The molecule has 0 aliphatic heterocycles. The van der Waals surface area contributed by atoms with Gasteiger partial charge in [-0.2, -0.15) is 5.10 Å². The van der Waals surface area contributed by atoms with Crippen molar-refractivity contribution in [3.63, 3.8) is 0 Å². The number of ether oxygens (including phenoxy) is 1. The number of hydrogen-bond acceptors (Lipinski definition) is 4. The summed E-state index contributed by atoms with van der Waals surface area (Å²) in [4.78, 5) is 11.3. The summed E-state index contributed by atoms with van der Waals surface area (Å²) < 4.78 is 8.59. The second kappa shape index (κ2) is 5.17. The number of anilines is 1. The summed E-state index contributed by atoms with van der Waals surface area (Å²) in [5.41, 5.74) is 2.80. The monoisotopic (exact) mass is 262 g/mol. The quantitative estimate of drug-likeness (QED) is 0.894. The van der Waals surface area contributed by atoms with Crippen molar-refractivity contribution in [2.75, 3.05) is 12.4 Å². The van der Waals surface area contributed by atoms with Crippen LogP contribution in [0, 0.1) is 6.92 Å². The zero-order valence-electron chi connectivity index (χ0n) is 11.6. The van der Waals surface area contributed by atoms with E-state index in [1.807, 2.05) is 14.0 Å². The van der Waals surface area contributed by atoms with E-state index < -0.39 is 0 Å². The minimum absolute atomic E-state index is 0.0271. The van der Waals surface area contributed by atoms with Gasteiger partial charge in [-0.25, -0.2) is 4.68 Å². The van der Waals surface area contributed by atoms with Gasteiger partial charge < -0.3 is 14.6 Å². The molecule has 0 bridgehead atoms. The zero-order chi connectivity index (χ0) is 14.0. The molecule has 6 heteroatoms. The molecule has 2 heterocycles. The summed E-state index contributed by atoms with van der Waals surface area (Å²) in [6.45, 7) is 2.54. The van der Waals surface area contributed by atoms with Crippen molar-refractivity contribution in [2.24, 2.45) is 14.1 Å². The minimum atomic E-state index is -0.0271. The minimum Gasteiger partial charge on any atom is -0.481 e. The van der Waals surface area contributed by atoms with E-state index >= 15 is 0 Å². The molecule has 0 aromatic carbocycles. The standard InChI is InChI=1S/C13H18N4O2/c1-9-11(13(19-4)17(3)15-9)7-14-10-5-6-12(18)16(2)8-10/h5-6,8,14H,7H2,1-4H3. The van der Waals surface area contributed by atoms with Crippen molar-refractivity contribution in [3.05, 3.63) is 39.9 Å². The number of hydrogen-bond donors (Lipinski definition) is 1. The van der Waals surface area contributed by atoms with Gasteiger partial charge in [-0.1, -0.05) is 0 Å². The number of rotatable bonds is 4. The molecule has 102 valence electrons. The van der Waals surface area contributed by atoms with Crippen molar-refractivity contribution in [3.8, 4) is 5.88 Å². The fourth-order valence-corrected chi connectivity index (χ4v) is 2.03. The van der Waals surface area contributed by atoms with Crippen LogP contribution in [0.4, 0.5) is 5.69 Å². The second-order valence-corrected chi connectivity index (χ2v) is 4.42. The highest BCUT2D eigenvalue weighted by atomic mass is 16.5. The van der Waals surface area contributed by atoms with E-state index in [-0.39, 0.29) is 5.56 Å². The van der Waals surface area contributed by atoms with Crippen LogP contribution in [0.2, 0.25) is 0 Å². The average Bonchev–Trinajstić information content (AvgIpc) is 2.64. The second-order valence-electron chi connectivity index (χ2n) is 4.42. The molecule has 0 radical (unpaired) electrons. The molecule has 0 aliphatic rings. The molecule has 19 heavy (non-hydrogen) atoms. The highest BCUT2D eigenvalue weighted by Crippen LogP contribution is 2.21. The van der Waals surface area contributed by atoms with Gasteiger partial charge in [0.15, 0.2) is 0 Å². The molecule has 0 fully saturated rings. The predicted molar refractivity (Wildman–Crippen MR) is 73.5 cm³/mol. The maximum Gasteiger partial charge on any atom is 0.250 e.